The summed E-state index contributed by atoms with van der Waals surface area (Å²) in [5.74, 6) is 0.456. The number of carbonyl (C=O) groups is 1. The molecule has 22 heavy (non-hydrogen) atoms. The highest BCUT2D eigenvalue weighted by Crippen LogP contribution is 2.35. The van der Waals surface area contributed by atoms with Crippen molar-refractivity contribution in [1.29, 1.82) is 0 Å². The van der Waals surface area contributed by atoms with Crippen LogP contribution in [0.3, 0.4) is 0 Å². The number of benzene rings is 2. The van der Waals surface area contributed by atoms with E-state index in [0.717, 1.165) is 16.7 Å². The molecular formula is C14H13N7O. The highest BCUT2D eigenvalue weighted by molar-refractivity contribution is 5.96. The second-order valence-corrected chi connectivity index (χ2v) is 4.58. The zero-order chi connectivity index (χ0) is 15.5. The maximum Gasteiger partial charge on any atom is 0.316 e. The molecule has 0 atom stereocenters. The number of H-pyrrole nitrogens is 1. The lowest BCUT2D eigenvalue weighted by Crippen LogP contribution is -2.19. The first-order chi connectivity index (χ1) is 10.6. The van der Waals surface area contributed by atoms with Crippen LogP contribution in [0.4, 0.5) is 16.2 Å². The topological polar surface area (TPSA) is 136 Å². The van der Waals surface area contributed by atoms with E-state index < -0.39 is 6.03 Å². The number of carbonyl (C=O) groups excluding carboxylic acids is 1. The molecule has 0 saturated heterocycles. The molecule has 8 nitrogen and oxygen atoms in total. The van der Waals surface area contributed by atoms with Crippen molar-refractivity contribution in [1.82, 2.24) is 20.6 Å². The monoisotopic (exact) mass is 295 g/mol. The molecule has 0 bridgehead atoms. The molecule has 2 aromatic carbocycles. The van der Waals surface area contributed by atoms with Crippen molar-refractivity contribution in [3.8, 4) is 22.5 Å². The van der Waals surface area contributed by atoms with Crippen LogP contribution in [0.2, 0.25) is 0 Å². The summed E-state index contributed by atoms with van der Waals surface area (Å²) in [7, 11) is 0. The van der Waals surface area contributed by atoms with Crippen molar-refractivity contribution < 1.29 is 4.79 Å². The number of hydrogen-bond donors (Lipinski definition) is 4. The van der Waals surface area contributed by atoms with E-state index in [1.807, 2.05) is 24.3 Å². The Morgan fingerprint density at radius 2 is 1.86 bits per heavy atom. The Kier molecular flexibility index (Phi) is 3.40. The SMILES string of the molecule is NC(=O)Nc1cc(N)ccc1-c1ccccc1-c1nn[nH]n1. The molecule has 1 aromatic heterocycles. The Morgan fingerprint density at radius 1 is 1.09 bits per heavy atom. The summed E-state index contributed by atoms with van der Waals surface area (Å²) < 4.78 is 0. The van der Waals surface area contributed by atoms with Gasteiger partial charge in [-0.3, -0.25) is 0 Å². The number of aromatic amines is 1. The van der Waals surface area contributed by atoms with E-state index in [2.05, 4.69) is 25.9 Å². The first-order valence-corrected chi connectivity index (χ1v) is 6.44. The van der Waals surface area contributed by atoms with Crippen LogP contribution in [0.15, 0.2) is 42.5 Å². The normalized spacial score (nSPS) is 10.4. The number of nitrogens with zero attached hydrogens (tertiary/aromatic N) is 3. The minimum Gasteiger partial charge on any atom is -0.399 e. The number of amides is 2. The lowest BCUT2D eigenvalue weighted by molar-refractivity contribution is 0.259. The molecule has 110 valence electrons. The molecule has 0 saturated carbocycles. The molecule has 0 spiro atoms. The van der Waals surface area contributed by atoms with E-state index in [9.17, 15) is 4.79 Å². The summed E-state index contributed by atoms with van der Waals surface area (Å²) in [6.45, 7) is 0. The third-order valence-corrected chi connectivity index (χ3v) is 3.10. The summed E-state index contributed by atoms with van der Waals surface area (Å²) in [4.78, 5) is 11.2. The average molecular weight is 295 g/mol. The molecule has 1 heterocycles. The molecule has 8 heteroatoms. The summed E-state index contributed by atoms with van der Waals surface area (Å²) >= 11 is 0. The van der Waals surface area contributed by atoms with Gasteiger partial charge in [-0.2, -0.15) is 5.21 Å². The number of urea groups is 1. The quantitative estimate of drug-likeness (QED) is 0.544. The number of hydrogen-bond acceptors (Lipinski definition) is 5. The smallest absolute Gasteiger partial charge is 0.316 e. The Morgan fingerprint density at radius 3 is 2.55 bits per heavy atom. The second kappa shape index (κ2) is 5.52. The van der Waals surface area contributed by atoms with Gasteiger partial charge in [-0.05, 0) is 22.9 Å². The maximum absolute atomic E-state index is 11.2. The van der Waals surface area contributed by atoms with Gasteiger partial charge in [-0.15, -0.1) is 10.2 Å². The Hall–Kier alpha value is -3.42. The van der Waals surface area contributed by atoms with Crippen molar-refractivity contribution in [3.63, 3.8) is 0 Å². The van der Waals surface area contributed by atoms with Gasteiger partial charge in [-0.1, -0.05) is 30.3 Å². The number of rotatable bonds is 3. The van der Waals surface area contributed by atoms with Gasteiger partial charge in [0.15, 0.2) is 0 Å². The molecule has 0 radical (unpaired) electrons. The molecule has 0 aliphatic heterocycles. The number of anilines is 2. The minimum atomic E-state index is -0.663. The fraction of sp³-hybridized carbons (Fsp3) is 0. The van der Waals surface area contributed by atoms with Crippen molar-refractivity contribution in [2.24, 2.45) is 5.73 Å². The first kappa shape index (κ1) is 13.6. The number of nitrogen functional groups attached to an aromatic ring is 1. The van der Waals surface area contributed by atoms with Gasteiger partial charge in [0, 0.05) is 16.8 Å². The van der Waals surface area contributed by atoms with Gasteiger partial charge >= 0.3 is 6.03 Å². The van der Waals surface area contributed by atoms with Gasteiger partial charge in [-0.25, -0.2) is 4.79 Å². The van der Waals surface area contributed by atoms with Gasteiger partial charge in [0.05, 0.1) is 5.69 Å². The number of tetrazole rings is 1. The molecule has 2 amide bonds. The van der Waals surface area contributed by atoms with E-state index in [-0.39, 0.29) is 0 Å². The van der Waals surface area contributed by atoms with Gasteiger partial charge in [0.1, 0.15) is 0 Å². The van der Waals surface area contributed by atoms with Gasteiger partial charge in [0.25, 0.3) is 0 Å². The van der Waals surface area contributed by atoms with E-state index in [4.69, 9.17) is 11.5 Å². The fourth-order valence-corrected chi connectivity index (χ4v) is 2.22. The predicted molar refractivity (Wildman–Crippen MR) is 82.7 cm³/mol. The third-order valence-electron chi connectivity index (χ3n) is 3.10. The molecule has 6 N–H and O–H groups in total. The molecule has 3 rings (SSSR count). The van der Waals surface area contributed by atoms with Gasteiger partial charge < -0.3 is 16.8 Å². The van der Waals surface area contributed by atoms with Crippen molar-refractivity contribution >= 4 is 17.4 Å². The molecule has 0 aliphatic rings. The van der Waals surface area contributed by atoms with Crippen LogP contribution < -0.4 is 16.8 Å². The highest BCUT2D eigenvalue weighted by Gasteiger charge is 2.14. The Bertz CT molecular complexity index is 814. The van der Waals surface area contributed by atoms with Gasteiger partial charge in [0.2, 0.25) is 5.82 Å². The summed E-state index contributed by atoms with van der Waals surface area (Å²) in [5.41, 5.74) is 14.4. The molecular weight excluding hydrogens is 282 g/mol. The zero-order valence-corrected chi connectivity index (χ0v) is 11.4. The van der Waals surface area contributed by atoms with E-state index in [0.29, 0.717) is 17.2 Å². The molecule has 0 unspecified atom stereocenters. The highest BCUT2D eigenvalue weighted by atomic mass is 16.2. The van der Waals surface area contributed by atoms with E-state index in [1.165, 1.54) is 0 Å². The minimum absolute atomic E-state index is 0.456. The fourth-order valence-electron chi connectivity index (χ4n) is 2.22. The molecule has 0 aliphatic carbocycles. The lowest BCUT2D eigenvalue weighted by atomic mass is 9.97. The van der Waals surface area contributed by atoms with Crippen LogP contribution in [-0.2, 0) is 0 Å². The van der Waals surface area contributed by atoms with Crippen LogP contribution in [0, 0.1) is 0 Å². The van der Waals surface area contributed by atoms with Crippen molar-refractivity contribution in [3.05, 3.63) is 42.5 Å². The van der Waals surface area contributed by atoms with E-state index in [1.54, 1.807) is 18.2 Å². The van der Waals surface area contributed by atoms with E-state index >= 15 is 0 Å². The number of primary amides is 1. The number of aromatic nitrogens is 4. The Balaban J connectivity index is 2.18. The number of nitrogens with two attached hydrogens (primary N) is 2. The van der Waals surface area contributed by atoms with Crippen LogP contribution in [0.1, 0.15) is 0 Å². The molecule has 3 aromatic rings. The van der Waals surface area contributed by atoms with Crippen LogP contribution in [0.25, 0.3) is 22.5 Å². The van der Waals surface area contributed by atoms with Crippen LogP contribution in [-0.4, -0.2) is 26.7 Å². The summed E-state index contributed by atoms with van der Waals surface area (Å²) in [6.07, 6.45) is 0. The lowest BCUT2D eigenvalue weighted by Gasteiger charge is -2.13. The summed E-state index contributed by atoms with van der Waals surface area (Å²) in [5, 5.41) is 16.6. The Labute approximate surface area is 125 Å². The van der Waals surface area contributed by atoms with Crippen molar-refractivity contribution in [2.45, 2.75) is 0 Å². The van der Waals surface area contributed by atoms with Crippen LogP contribution >= 0.6 is 0 Å². The molecule has 0 fully saturated rings. The summed E-state index contributed by atoms with van der Waals surface area (Å²) in [6, 6.07) is 12.0. The third kappa shape index (κ3) is 2.57. The number of nitrogens with one attached hydrogen (secondary N) is 2. The first-order valence-electron chi connectivity index (χ1n) is 6.44. The average Bonchev–Trinajstić information content (AvgIpc) is 3.01. The second-order valence-electron chi connectivity index (χ2n) is 4.58. The predicted octanol–water partition coefficient (Wildman–Crippen LogP) is 1.61. The maximum atomic E-state index is 11.2. The standard InChI is InChI=1S/C14H13N7O/c15-8-5-6-10(12(7-8)17-14(16)22)9-3-1-2-4-11(9)13-18-20-21-19-13/h1-7H,15H2,(H3,16,17,22)(H,18,19,20,21). The van der Waals surface area contributed by atoms with Crippen molar-refractivity contribution in [2.75, 3.05) is 11.1 Å². The largest absolute Gasteiger partial charge is 0.399 e. The van der Waals surface area contributed by atoms with Crippen LogP contribution in [0.5, 0.6) is 0 Å². The zero-order valence-electron chi connectivity index (χ0n) is 11.4.